The second kappa shape index (κ2) is 5.27. The molecule has 2 rings (SSSR count). The van der Waals surface area contributed by atoms with Crippen LogP contribution < -0.4 is 0 Å². The first kappa shape index (κ1) is 12.7. The zero-order chi connectivity index (χ0) is 13.1. The van der Waals surface area contributed by atoms with Gasteiger partial charge in [-0.3, -0.25) is 0 Å². The van der Waals surface area contributed by atoms with Gasteiger partial charge in [0.25, 0.3) is 0 Å². The van der Waals surface area contributed by atoms with E-state index in [1.807, 2.05) is 31.2 Å². The van der Waals surface area contributed by atoms with Crippen LogP contribution in [0.4, 0.5) is 8.78 Å². The molecule has 18 heavy (non-hydrogen) atoms. The molecule has 0 radical (unpaired) electrons. The number of aliphatic hydroxyl groups is 1. The van der Waals surface area contributed by atoms with Gasteiger partial charge in [0, 0.05) is 12.0 Å². The molecule has 0 aromatic heterocycles. The molecule has 2 aromatic carbocycles. The van der Waals surface area contributed by atoms with Crippen molar-refractivity contribution in [2.45, 2.75) is 19.4 Å². The van der Waals surface area contributed by atoms with Gasteiger partial charge in [-0.05, 0) is 30.7 Å². The lowest BCUT2D eigenvalue weighted by Gasteiger charge is -2.12. The number of aryl methyl sites for hydroxylation is 1. The Hall–Kier alpha value is -1.74. The maximum Gasteiger partial charge on any atom is 0.129 e. The van der Waals surface area contributed by atoms with Gasteiger partial charge in [0.2, 0.25) is 0 Å². The van der Waals surface area contributed by atoms with Crippen molar-refractivity contribution in [1.82, 2.24) is 0 Å². The first-order chi connectivity index (χ1) is 8.56. The lowest BCUT2D eigenvalue weighted by molar-refractivity contribution is 0.173. The highest BCUT2D eigenvalue weighted by molar-refractivity contribution is 5.26. The molecular weight excluding hydrogens is 234 g/mol. The molecule has 0 heterocycles. The summed E-state index contributed by atoms with van der Waals surface area (Å²) < 4.78 is 26.5. The summed E-state index contributed by atoms with van der Waals surface area (Å²) in [7, 11) is 0. The van der Waals surface area contributed by atoms with E-state index in [9.17, 15) is 13.9 Å². The molecule has 0 saturated heterocycles. The van der Waals surface area contributed by atoms with Gasteiger partial charge in [0.1, 0.15) is 11.6 Å². The van der Waals surface area contributed by atoms with Gasteiger partial charge in [-0.1, -0.05) is 29.8 Å². The van der Waals surface area contributed by atoms with Crippen molar-refractivity contribution in [3.63, 3.8) is 0 Å². The van der Waals surface area contributed by atoms with Crippen LogP contribution in [0, 0.1) is 18.6 Å². The Morgan fingerprint density at radius 3 is 2.61 bits per heavy atom. The summed E-state index contributed by atoms with van der Waals surface area (Å²) in [4.78, 5) is 0. The average molecular weight is 248 g/mol. The zero-order valence-electron chi connectivity index (χ0n) is 10.0. The van der Waals surface area contributed by atoms with Crippen molar-refractivity contribution in [1.29, 1.82) is 0 Å². The number of rotatable bonds is 3. The summed E-state index contributed by atoms with van der Waals surface area (Å²) in [5.41, 5.74) is 1.96. The fraction of sp³-hybridized carbons (Fsp3) is 0.200. The third-order valence-electron chi connectivity index (χ3n) is 2.83. The Kier molecular flexibility index (Phi) is 3.72. The largest absolute Gasteiger partial charge is 0.388 e. The van der Waals surface area contributed by atoms with Crippen molar-refractivity contribution >= 4 is 0 Å². The van der Waals surface area contributed by atoms with Crippen LogP contribution in [0.2, 0.25) is 0 Å². The lowest BCUT2D eigenvalue weighted by Crippen LogP contribution is -2.05. The Morgan fingerprint density at radius 1 is 1.11 bits per heavy atom. The third kappa shape index (κ3) is 2.93. The maximum atomic E-state index is 13.5. The molecule has 0 aliphatic carbocycles. The van der Waals surface area contributed by atoms with Crippen molar-refractivity contribution < 1.29 is 13.9 Å². The van der Waals surface area contributed by atoms with E-state index in [4.69, 9.17) is 0 Å². The SMILES string of the molecule is Cc1cccc(CC(O)c2cc(F)ccc2F)c1. The van der Waals surface area contributed by atoms with Gasteiger partial charge in [0.15, 0.2) is 0 Å². The fourth-order valence-electron chi connectivity index (χ4n) is 1.94. The average Bonchev–Trinajstić information content (AvgIpc) is 2.32. The van der Waals surface area contributed by atoms with E-state index in [-0.39, 0.29) is 12.0 Å². The highest BCUT2D eigenvalue weighted by Crippen LogP contribution is 2.22. The number of hydrogen-bond acceptors (Lipinski definition) is 1. The molecule has 0 bridgehead atoms. The highest BCUT2D eigenvalue weighted by Gasteiger charge is 2.14. The quantitative estimate of drug-likeness (QED) is 0.880. The fourth-order valence-corrected chi connectivity index (χ4v) is 1.94. The van der Waals surface area contributed by atoms with Crippen molar-refractivity contribution in [3.05, 3.63) is 70.8 Å². The molecule has 0 aliphatic heterocycles. The normalized spacial score (nSPS) is 12.4. The van der Waals surface area contributed by atoms with Crippen molar-refractivity contribution in [2.24, 2.45) is 0 Å². The number of hydrogen-bond donors (Lipinski definition) is 1. The first-order valence-electron chi connectivity index (χ1n) is 5.75. The monoisotopic (exact) mass is 248 g/mol. The minimum Gasteiger partial charge on any atom is -0.388 e. The van der Waals surface area contributed by atoms with E-state index >= 15 is 0 Å². The molecule has 0 aliphatic rings. The van der Waals surface area contributed by atoms with Gasteiger partial charge in [0.05, 0.1) is 6.10 Å². The van der Waals surface area contributed by atoms with Gasteiger partial charge < -0.3 is 5.11 Å². The zero-order valence-corrected chi connectivity index (χ0v) is 10.0. The topological polar surface area (TPSA) is 20.2 Å². The van der Waals surface area contributed by atoms with E-state index in [2.05, 4.69) is 0 Å². The van der Waals surface area contributed by atoms with E-state index in [0.717, 1.165) is 29.3 Å². The number of aliphatic hydroxyl groups excluding tert-OH is 1. The van der Waals surface area contributed by atoms with Crippen LogP contribution in [-0.2, 0) is 6.42 Å². The molecule has 1 unspecified atom stereocenters. The minimum atomic E-state index is -1.04. The highest BCUT2D eigenvalue weighted by atomic mass is 19.1. The molecule has 1 atom stereocenters. The van der Waals surface area contributed by atoms with Crippen LogP contribution in [0.15, 0.2) is 42.5 Å². The Balaban J connectivity index is 2.21. The summed E-state index contributed by atoms with van der Waals surface area (Å²) in [6.45, 7) is 1.94. The van der Waals surface area contributed by atoms with E-state index in [1.165, 1.54) is 0 Å². The minimum absolute atomic E-state index is 0.00324. The molecule has 3 heteroatoms. The predicted octanol–water partition coefficient (Wildman–Crippen LogP) is 3.55. The molecule has 1 N–H and O–H groups in total. The number of benzene rings is 2. The van der Waals surface area contributed by atoms with Crippen molar-refractivity contribution in [3.8, 4) is 0 Å². The molecule has 0 amide bonds. The van der Waals surface area contributed by atoms with Crippen LogP contribution in [-0.4, -0.2) is 5.11 Å². The van der Waals surface area contributed by atoms with Gasteiger partial charge >= 0.3 is 0 Å². The molecule has 94 valence electrons. The van der Waals surface area contributed by atoms with Crippen LogP contribution in [0.25, 0.3) is 0 Å². The van der Waals surface area contributed by atoms with Crippen molar-refractivity contribution in [2.75, 3.05) is 0 Å². The first-order valence-corrected chi connectivity index (χ1v) is 5.75. The van der Waals surface area contributed by atoms with Crippen LogP contribution >= 0.6 is 0 Å². The third-order valence-corrected chi connectivity index (χ3v) is 2.83. The van der Waals surface area contributed by atoms with E-state index in [1.54, 1.807) is 0 Å². The standard InChI is InChI=1S/C15H14F2O/c1-10-3-2-4-11(7-10)8-15(18)13-9-12(16)5-6-14(13)17/h2-7,9,15,18H,8H2,1H3. The molecule has 2 aromatic rings. The Labute approximate surface area is 105 Å². The predicted molar refractivity (Wildman–Crippen MR) is 66.2 cm³/mol. The summed E-state index contributed by atoms with van der Waals surface area (Å²) in [5.74, 6) is -1.13. The van der Waals surface area contributed by atoms with Gasteiger partial charge in [-0.2, -0.15) is 0 Å². The lowest BCUT2D eigenvalue weighted by atomic mass is 10.00. The molecule has 0 saturated carbocycles. The molecular formula is C15H14F2O. The Morgan fingerprint density at radius 2 is 1.89 bits per heavy atom. The van der Waals surface area contributed by atoms with Crippen LogP contribution in [0.1, 0.15) is 22.8 Å². The van der Waals surface area contributed by atoms with E-state index in [0.29, 0.717) is 0 Å². The summed E-state index contributed by atoms with van der Waals surface area (Å²) in [5, 5.41) is 9.96. The number of halogens is 2. The summed E-state index contributed by atoms with van der Waals surface area (Å²) in [6, 6.07) is 10.7. The Bertz CT molecular complexity index is 552. The van der Waals surface area contributed by atoms with Gasteiger partial charge in [-0.15, -0.1) is 0 Å². The smallest absolute Gasteiger partial charge is 0.129 e. The van der Waals surface area contributed by atoms with E-state index < -0.39 is 17.7 Å². The molecule has 0 fully saturated rings. The van der Waals surface area contributed by atoms with Crippen LogP contribution in [0.3, 0.4) is 0 Å². The second-order valence-electron chi connectivity index (χ2n) is 4.37. The second-order valence-corrected chi connectivity index (χ2v) is 4.37. The van der Waals surface area contributed by atoms with Crippen LogP contribution in [0.5, 0.6) is 0 Å². The summed E-state index contributed by atoms with van der Waals surface area (Å²) in [6.07, 6.45) is -0.773. The van der Waals surface area contributed by atoms with Gasteiger partial charge in [-0.25, -0.2) is 8.78 Å². The summed E-state index contributed by atoms with van der Waals surface area (Å²) >= 11 is 0. The molecule has 1 nitrogen and oxygen atoms in total. The molecule has 0 spiro atoms. The maximum absolute atomic E-state index is 13.5.